The third kappa shape index (κ3) is 3.81. The third-order valence-electron chi connectivity index (χ3n) is 2.97. The van der Waals surface area contributed by atoms with Gasteiger partial charge in [0.1, 0.15) is 0 Å². The number of carbonyl (C=O) groups excluding carboxylic acids is 3. The Balaban J connectivity index is 2.54. The molecule has 0 radical (unpaired) electrons. The maximum absolute atomic E-state index is 12.0. The molecule has 17 heavy (non-hydrogen) atoms. The van der Waals surface area contributed by atoms with Gasteiger partial charge >= 0.3 is 0 Å². The summed E-state index contributed by atoms with van der Waals surface area (Å²) in [4.78, 5) is 34.2. The van der Waals surface area contributed by atoms with E-state index in [1.165, 1.54) is 0 Å². The average Bonchev–Trinajstić information content (AvgIpc) is 2.70. The Labute approximate surface area is 100 Å². The Kier molecular flexibility index (Phi) is 5.09. The average molecular weight is 241 g/mol. The molecule has 2 amide bonds. The second kappa shape index (κ2) is 6.34. The van der Waals surface area contributed by atoms with Crippen molar-refractivity contribution in [3.05, 3.63) is 0 Å². The summed E-state index contributed by atoms with van der Waals surface area (Å²) < 4.78 is 0. The van der Waals surface area contributed by atoms with Gasteiger partial charge in [-0.15, -0.1) is 0 Å². The summed E-state index contributed by atoms with van der Waals surface area (Å²) in [6.45, 7) is 0.528. The van der Waals surface area contributed by atoms with Crippen LogP contribution in [0.2, 0.25) is 0 Å². The van der Waals surface area contributed by atoms with Gasteiger partial charge in [0.25, 0.3) is 0 Å². The Morgan fingerprint density at radius 3 is 2.59 bits per heavy atom. The van der Waals surface area contributed by atoms with Crippen molar-refractivity contribution < 1.29 is 14.4 Å². The molecule has 2 atom stereocenters. The minimum absolute atomic E-state index is 0.145. The lowest BCUT2D eigenvalue weighted by atomic mass is 9.91. The molecule has 1 unspecified atom stereocenters. The number of amides is 2. The highest BCUT2D eigenvalue weighted by Gasteiger charge is 2.34. The fourth-order valence-corrected chi connectivity index (χ4v) is 1.99. The van der Waals surface area contributed by atoms with E-state index in [1.54, 1.807) is 0 Å². The smallest absolute Gasteiger partial charge is 0.228 e. The van der Waals surface area contributed by atoms with E-state index in [2.05, 4.69) is 5.32 Å². The predicted molar refractivity (Wildman–Crippen MR) is 61.8 cm³/mol. The summed E-state index contributed by atoms with van der Waals surface area (Å²) in [7, 11) is 0. The first-order valence-corrected chi connectivity index (χ1v) is 5.88. The number of unbranched alkanes of at least 4 members (excludes halogenated alkanes) is 1. The molecule has 1 fully saturated rings. The number of nitrogens with one attached hydrogen (secondary N) is 1. The Bertz CT molecular complexity index is 317. The standard InChI is InChI=1S/C11H19N3O3/c12-6-2-1-3-7(11(13)17)10(16)8-4-5-9(15)14-8/h7-8H,1-6,12H2,(H2,13,17)(H,14,15)/t7?,8-/m0/s1. The van der Waals surface area contributed by atoms with Crippen molar-refractivity contribution in [1.29, 1.82) is 0 Å². The van der Waals surface area contributed by atoms with Crippen molar-refractivity contribution in [1.82, 2.24) is 5.32 Å². The Morgan fingerprint density at radius 2 is 2.12 bits per heavy atom. The van der Waals surface area contributed by atoms with Crippen LogP contribution in [0.25, 0.3) is 0 Å². The molecule has 0 spiro atoms. The zero-order chi connectivity index (χ0) is 12.8. The molecule has 6 heteroatoms. The number of ketones is 1. The summed E-state index contributed by atoms with van der Waals surface area (Å²) in [5.74, 6) is -1.83. The molecule has 1 rings (SSSR count). The molecule has 1 heterocycles. The van der Waals surface area contributed by atoms with Crippen LogP contribution >= 0.6 is 0 Å². The van der Waals surface area contributed by atoms with Crippen LogP contribution in [0.3, 0.4) is 0 Å². The summed E-state index contributed by atoms with van der Waals surface area (Å²) in [6, 6.07) is -0.544. The molecule has 96 valence electrons. The molecule has 5 N–H and O–H groups in total. The molecule has 1 saturated heterocycles. The minimum Gasteiger partial charge on any atom is -0.369 e. The van der Waals surface area contributed by atoms with Gasteiger partial charge in [-0.25, -0.2) is 0 Å². The molecular weight excluding hydrogens is 222 g/mol. The Morgan fingerprint density at radius 1 is 1.41 bits per heavy atom. The lowest BCUT2D eigenvalue weighted by Crippen LogP contribution is -2.42. The van der Waals surface area contributed by atoms with Gasteiger partial charge in [-0.2, -0.15) is 0 Å². The minimum atomic E-state index is -0.801. The van der Waals surface area contributed by atoms with Crippen LogP contribution in [0, 0.1) is 5.92 Å². The quantitative estimate of drug-likeness (QED) is 0.394. The van der Waals surface area contributed by atoms with Crippen LogP contribution in [0.5, 0.6) is 0 Å². The van der Waals surface area contributed by atoms with Crippen LogP contribution in [0.15, 0.2) is 0 Å². The van der Waals surface area contributed by atoms with E-state index in [4.69, 9.17) is 11.5 Å². The zero-order valence-corrected chi connectivity index (χ0v) is 9.78. The van der Waals surface area contributed by atoms with Crippen molar-refractivity contribution >= 4 is 17.6 Å². The molecule has 0 bridgehead atoms. The zero-order valence-electron chi connectivity index (χ0n) is 9.78. The highest BCUT2D eigenvalue weighted by Crippen LogP contribution is 2.16. The van der Waals surface area contributed by atoms with Gasteiger partial charge in [-0.3, -0.25) is 14.4 Å². The summed E-state index contributed by atoms with van der Waals surface area (Å²) in [5.41, 5.74) is 10.6. The van der Waals surface area contributed by atoms with E-state index in [0.29, 0.717) is 32.2 Å². The van der Waals surface area contributed by atoms with Gasteiger partial charge in [0, 0.05) is 6.42 Å². The molecule has 6 nitrogen and oxygen atoms in total. The van der Waals surface area contributed by atoms with Crippen LogP contribution < -0.4 is 16.8 Å². The summed E-state index contributed by atoms with van der Waals surface area (Å²) >= 11 is 0. The van der Waals surface area contributed by atoms with E-state index in [1.807, 2.05) is 0 Å². The monoisotopic (exact) mass is 241 g/mol. The second-order valence-electron chi connectivity index (χ2n) is 4.30. The molecule has 0 aromatic rings. The van der Waals surface area contributed by atoms with Gasteiger partial charge in [0.05, 0.1) is 12.0 Å². The summed E-state index contributed by atoms with van der Waals surface area (Å²) in [6.07, 6.45) is 2.66. The lowest BCUT2D eigenvalue weighted by molar-refractivity contribution is -0.134. The maximum Gasteiger partial charge on any atom is 0.228 e. The number of primary amides is 1. The van der Waals surface area contributed by atoms with Crippen molar-refractivity contribution in [2.45, 2.75) is 38.1 Å². The number of carbonyl (C=O) groups is 3. The number of nitrogens with two attached hydrogens (primary N) is 2. The number of rotatable bonds is 7. The van der Waals surface area contributed by atoms with Crippen molar-refractivity contribution in [2.24, 2.45) is 17.4 Å². The van der Waals surface area contributed by atoms with Crippen molar-refractivity contribution in [3.63, 3.8) is 0 Å². The third-order valence-corrected chi connectivity index (χ3v) is 2.97. The summed E-state index contributed by atoms with van der Waals surface area (Å²) in [5, 5.41) is 2.56. The normalized spacial score (nSPS) is 21.0. The number of hydrogen-bond donors (Lipinski definition) is 3. The first kappa shape index (κ1) is 13.6. The van der Waals surface area contributed by atoms with Gasteiger partial charge in [-0.05, 0) is 25.8 Å². The van der Waals surface area contributed by atoms with E-state index in [9.17, 15) is 14.4 Å². The molecule has 0 aromatic heterocycles. The molecule has 1 aliphatic rings. The fraction of sp³-hybridized carbons (Fsp3) is 0.727. The van der Waals surface area contributed by atoms with E-state index >= 15 is 0 Å². The van der Waals surface area contributed by atoms with Crippen LogP contribution in [-0.4, -0.2) is 30.2 Å². The first-order valence-electron chi connectivity index (χ1n) is 5.88. The number of hydrogen-bond acceptors (Lipinski definition) is 4. The highest BCUT2D eigenvalue weighted by molar-refractivity contribution is 6.05. The molecule has 0 saturated carbocycles. The van der Waals surface area contributed by atoms with E-state index < -0.39 is 17.9 Å². The largest absolute Gasteiger partial charge is 0.369 e. The van der Waals surface area contributed by atoms with Gasteiger partial charge in [0.2, 0.25) is 11.8 Å². The van der Waals surface area contributed by atoms with Crippen molar-refractivity contribution in [2.75, 3.05) is 6.54 Å². The predicted octanol–water partition coefficient (Wildman–Crippen LogP) is -0.935. The first-order chi connectivity index (χ1) is 8.06. The lowest BCUT2D eigenvalue weighted by Gasteiger charge is -2.16. The topological polar surface area (TPSA) is 115 Å². The van der Waals surface area contributed by atoms with Gasteiger partial charge in [-0.1, -0.05) is 6.42 Å². The Hall–Kier alpha value is -1.43. The number of Topliss-reactive ketones (excluding diaryl/α,β-unsaturated/α-hetero) is 1. The van der Waals surface area contributed by atoms with Crippen LogP contribution in [0.4, 0.5) is 0 Å². The molecular formula is C11H19N3O3. The second-order valence-corrected chi connectivity index (χ2v) is 4.30. The molecule has 0 aliphatic carbocycles. The van der Waals surface area contributed by atoms with Crippen molar-refractivity contribution in [3.8, 4) is 0 Å². The van der Waals surface area contributed by atoms with Gasteiger partial charge < -0.3 is 16.8 Å². The SMILES string of the molecule is NCCCCC(C(N)=O)C(=O)[C@@H]1CCC(=O)N1. The fourth-order valence-electron chi connectivity index (χ4n) is 1.99. The maximum atomic E-state index is 12.0. The van der Waals surface area contributed by atoms with Crippen LogP contribution in [0.1, 0.15) is 32.1 Å². The molecule has 0 aromatic carbocycles. The molecule has 1 aliphatic heterocycles. The highest BCUT2D eigenvalue weighted by atomic mass is 16.2. The van der Waals surface area contributed by atoms with Gasteiger partial charge in [0.15, 0.2) is 5.78 Å². The van der Waals surface area contributed by atoms with Crippen LogP contribution in [-0.2, 0) is 14.4 Å². The van der Waals surface area contributed by atoms with E-state index in [0.717, 1.165) is 6.42 Å². The van der Waals surface area contributed by atoms with E-state index in [-0.39, 0.29) is 11.7 Å².